The van der Waals surface area contributed by atoms with E-state index in [1.165, 1.54) is 11.3 Å². The summed E-state index contributed by atoms with van der Waals surface area (Å²) in [5.74, 6) is 0.745. The number of carbonyl (C=O) groups excluding carboxylic acids is 3. The zero-order chi connectivity index (χ0) is 22.8. The molecule has 0 bridgehead atoms. The number of Topliss-reactive ketones (excluding diaryl/α,β-unsaturated/α-hetero) is 1. The van der Waals surface area contributed by atoms with Crippen molar-refractivity contribution in [2.75, 3.05) is 0 Å². The van der Waals surface area contributed by atoms with Crippen LogP contribution in [0, 0.1) is 41.4 Å². The van der Waals surface area contributed by atoms with Crippen LogP contribution in [-0.2, 0) is 14.3 Å². The van der Waals surface area contributed by atoms with Crippen molar-refractivity contribution in [2.45, 2.75) is 65.9 Å². The number of carbonyl (C=O) groups is 3. The van der Waals surface area contributed by atoms with E-state index in [9.17, 15) is 14.4 Å². The van der Waals surface area contributed by atoms with Crippen molar-refractivity contribution in [1.29, 1.82) is 0 Å². The van der Waals surface area contributed by atoms with Crippen molar-refractivity contribution in [3.8, 4) is 0 Å². The van der Waals surface area contributed by atoms with Gasteiger partial charge >= 0.3 is 5.97 Å². The fourth-order valence-electron chi connectivity index (χ4n) is 7.51. The molecule has 170 valence electrons. The summed E-state index contributed by atoms with van der Waals surface area (Å²) in [6, 6.07) is 0. The highest BCUT2D eigenvalue weighted by Crippen LogP contribution is 2.65. The second-order valence-electron chi connectivity index (χ2n) is 10.7. The van der Waals surface area contributed by atoms with Gasteiger partial charge in [-0.15, -0.1) is 11.3 Å². The monoisotopic (exact) mass is 453 g/mol. The van der Waals surface area contributed by atoms with Gasteiger partial charge in [0.05, 0.1) is 0 Å². The van der Waals surface area contributed by atoms with E-state index in [1.807, 2.05) is 6.92 Å². The number of nitrogens with zero attached hydrogens (tertiary/aromatic N) is 1. The van der Waals surface area contributed by atoms with Crippen molar-refractivity contribution < 1.29 is 19.1 Å². The molecule has 4 aliphatic carbocycles. The number of hydrogen-bond donors (Lipinski definition) is 0. The number of aryl methyl sites for hydroxylation is 1. The largest absolute Gasteiger partial charge is 0.457 e. The quantitative estimate of drug-likeness (QED) is 0.595. The smallest absolute Gasteiger partial charge is 0.367 e. The molecule has 0 saturated heterocycles. The summed E-state index contributed by atoms with van der Waals surface area (Å²) in [4.78, 5) is 43.1. The van der Waals surface area contributed by atoms with Crippen LogP contribution in [0.1, 0.15) is 67.6 Å². The second kappa shape index (κ2) is 7.47. The van der Waals surface area contributed by atoms with Crippen LogP contribution in [0.3, 0.4) is 0 Å². The molecule has 0 radical (unpaired) electrons. The molecule has 2 saturated carbocycles. The van der Waals surface area contributed by atoms with Crippen LogP contribution >= 0.6 is 11.3 Å². The lowest BCUT2D eigenvalue weighted by molar-refractivity contribution is -0.135. The first-order chi connectivity index (χ1) is 15.1. The SMILES string of the molecule is CC(=O)[C@H]1CC[C@H]2[C@@H]3C=CC4=CC(=O)CC[C@@]4(C)[C@@H]3[C@@H](OC(=O)c3ncc(C)s3)C[C@]12C. The molecular formula is C26H31NO4S. The molecule has 1 aromatic rings. The van der Waals surface area contributed by atoms with Crippen LogP contribution in [0.2, 0.25) is 0 Å². The van der Waals surface area contributed by atoms with Gasteiger partial charge in [-0.25, -0.2) is 9.78 Å². The summed E-state index contributed by atoms with van der Waals surface area (Å²) >= 11 is 1.35. The van der Waals surface area contributed by atoms with Gasteiger partial charge in [-0.2, -0.15) is 0 Å². The standard InChI is InChI=1S/C26H31NO4S/c1-14-13-27-23(32-14)24(30)31-21-12-26(4)19(15(2)28)7-8-20(26)18-6-5-16-11-17(29)9-10-25(16,3)22(18)21/h5-6,11,13,18-22H,7-10,12H2,1-4H3/t18-,19+,20-,21-,22-,25+,26+/m0/s1. The fraction of sp³-hybridized carbons (Fsp3) is 0.615. The molecule has 7 atom stereocenters. The lowest BCUT2D eigenvalue weighted by Gasteiger charge is -2.58. The summed E-state index contributed by atoms with van der Waals surface area (Å²) in [7, 11) is 0. The van der Waals surface area contributed by atoms with Gasteiger partial charge in [-0.3, -0.25) is 9.59 Å². The van der Waals surface area contributed by atoms with Crippen LogP contribution in [0.15, 0.2) is 30.0 Å². The van der Waals surface area contributed by atoms with Crippen LogP contribution in [0.25, 0.3) is 0 Å². The van der Waals surface area contributed by atoms with Crippen molar-refractivity contribution in [3.05, 3.63) is 39.9 Å². The Morgan fingerprint density at radius 1 is 1.25 bits per heavy atom. The highest BCUT2D eigenvalue weighted by Gasteiger charge is 2.63. The number of aromatic nitrogens is 1. The average molecular weight is 454 g/mol. The van der Waals surface area contributed by atoms with Gasteiger partial charge in [0, 0.05) is 29.3 Å². The van der Waals surface area contributed by atoms with Gasteiger partial charge < -0.3 is 4.74 Å². The summed E-state index contributed by atoms with van der Waals surface area (Å²) in [6.07, 6.45) is 11.5. The van der Waals surface area contributed by atoms with E-state index in [0.29, 0.717) is 23.8 Å². The number of rotatable bonds is 3. The molecule has 5 rings (SSSR count). The molecular weight excluding hydrogens is 422 g/mol. The first-order valence-electron chi connectivity index (χ1n) is 11.7. The highest BCUT2D eigenvalue weighted by molar-refractivity contribution is 7.13. The van der Waals surface area contributed by atoms with Crippen LogP contribution in [0.4, 0.5) is 0 Å². The number of fused-ring (bicyclic) bond motifs is 5. The molecule has 5 nitrogen and oxygen atoms in total. The van der Waals surface area contributed by atoms with E-state index in [0.717, 1.165) is 29.7 Å². The first kappa shape index (κ1) is 21.7. The fourth-order valence-corrected chi connectivity index (χ4v) is 8.15. The first-order valence-corrected chi connectivity index (χ1v) is 12.5. The minimum Gasteiger partial charge on any atom is -0.457 e. The molecule has 2 fully saturated rings. The van der Waals surface area contributed by atoms with Gasteiger partial charge in [-0.1, -0.05) is 26.0 Å². The maximum atomic E-state index is 13.1. The molecule has 1 heterocycles. The van der Waals surface area contributed by atoms with Crippen LogP contribution in [0.5, 0.6) is 0 Å². The summed E-state index contributed by atoms with van der Waals surface area (Å²) in [5, 5.41) is 0.381. The van der Waals surface area contributed by atoms with Gasteiger partial charge in [-0.05, 0) is 73.8 Å². The Morgan fingerprint density at radius 2 is 2.03 bits per heavy atom. The Bertz CT molecular complexity index is 1050. The van der Waals surface area contributed by atoms with Crippen molar-refractivity contribution in [2.24, 2.45) is 34.5 Å². The van der Waals surface area contributed by atoms with E-state index in [1.54, 1.807) is 19.2 Å². The molecule has 1 aromatic heterocycles. The normalized spacial score (nSPS) is 40.2. The van der Waals surface area contributed by atoms with Gasteiger partial charge in [0.25, 0.3) is 0 Å². The molecule has 0 aliphatic heterocycles. The van der Waals surface area contributed by atoms with Crippen molar-refractivity contribution >= 4 is 28.9 Å². The Hall–Kier alpha value is -2.08. The molecule has 4 aliphatic rings. The second-order valence-corrected chi connectivity index (χ2v) is 12.0. The third kappa shape index (κ3) is 3.17. The predicted octanol–water partition coefficient (Wildman–Crippen LogP) is 5.10. The zero-order valence-corrected chi connectivity index (χ0v) is 20.0. The molecule has 32 heavy (non-hydrogen) atoms. The molecule has 0 spiro atoms. The Labute approximate surface area is 193 Å². The van der Waals surface area contributed by atoms with Gasteiger partial charge in [0.1, 0.15) is 11.9 Å². The summed E-state index contributed by atoms with van der Waals surface area (Å²) in [5.41, 5.74) is 0.654. The Balaban J connectivity index is 1.57. The van der Waals surface area contributed by atoms with Crippen molar-refractivity contribution in [1.82, 2.24) is 4.98 Å². The molecule has 0 N–H and O–H groups in total. The number of esters is 1. The van der Waals surface area contributed by atoms with Crippen LogP contribution in [-0.4, -0.2) is 28.6 Å². The van der Waals surface area contributed by atoms with E-state index in [-0.39, 0.29) is 52.2 Å². The van der Waals surface area contributed by atoms with E-state index in [2.05, 4.69) is 31.0 Å². The van der Waals surface area contributed by atoms with E-state index >= 15 is 0 Å². The molecule has 0 unspecified atom stereocenters. The minimum absolute atomic E-state index is 0.00263. The Kier molecular flexibility index (Phi) is 5.08. The molecule has 0 amide bonds. The number of thiazole rings is 1. The minimum atomic E-state index is -0.373. The van der Waals surface area contributed by atoms with E-state index < -0.39 is 0 Å². The number of allylic oxidation sites excluding steroid dienone is 4. The summed E-state index contributed by atoms with van der Waals surface area (Å²) in [6.45, 7) is 8.10. The average Bonchev–Trinajstić information content (AvgIpc) is 3.31. The maximum Gasteiger partial charge on any atom is 0.367 e. The summed E-state index contributed by atoms with van der Waals surface area (Å²) < 4.78 is 6.25. The van der Waals surface area contributed by atoms with E-state index in [4.69, 9.17) is 4.74 Å². The maximum absolute atomic E-state index is 13.1. The topological polar surface area (TPSA) is 73.3 Å². The number of ketones is 2. The lowest BCUT2D eigenvalue weighted by atomic mass is 9.47. The van der Waals surface area contributed by atoms with Crippen LogP contribution < -0.4 is 0 Å². The zero-order valence-electron chi connectivity index (χ0n) is 19.2. The molecule has 6 heteroatoms. The predicted molar refractivity (Wildman–Crippen MR) is 122 cm³/mol. The molecule has 0 aromatic carbocycles. The third-order valence-electron chi connectivity index (χ3n) is 8.98. The highest BCUT2D eigenvalue weighted by atomic mass is 32.1. The third-order valence-corrected chi connectivity index (χ3v) is 9.87. The number of ether oxygens (including phenoxy) is 1. The van der Waals surface area contributed by atoms with Crippen molar-refractivity contribution in [3.63, 3.8) is 0 Å². The number of hydrogen-bond acceptors (Lipinski definition) is 6. The van der Waals surface area contributed by atoms with Gasteiger partial charge in [0.2, 0.25) is 5.01 Å². The van der Waals surface area contributed by atoms with Gasteiger partial charge in [0.15, 0.2) is 5.78 Å². The Morgan fingerprint density at radius 3 is 2.72 bits per heavy atom. The lowest BCUT2D eigenvalue weighted by Crippen LogP contribution is -2.56.